The molecule has 0 saturated carbocycles. The monoisotopic (exact) mass is 369 g/mol. The Morgan fingerprint density at radius 3 is 2.77 bits per heavy atom. The fourth-order valence-electron chi connectivity index (χ4n) is 3.34. The molecule has 1 aromatic carbocycles. The summed E-state index contributed by atoms with van der Waals surface area (Å²) in [6.45, 7) is 2.86. The molecule has 0 unspecified atom stereocenters. The molecule has 7 heteroatoms. The van der Waals surface area contributed by atoms with Crippen LogP contribution >= 0.6 is 11.6 Å². The number of β-amino-alcohol motifs (C(OH)–C–C–N with tert-alkyl or cyclic N) is 1. The van der Waals surface area contributed by atoms with Gasteiger partial charge in [0.05, 0.1) is 29.9 Å². The van der Waals surface area contributed by atoms with Crippen LogP contribution in [0.15, 0.2) is 58.9 Å². The summed E-state index contributed by atoms with van der Waals surface area (Å²) < 4.78 is 0. The van der Waals surface area contributed by atoms with Crippen molar-refractivity contribution < 1.29 is 5.11 Å². The van der Waals surface area contributed by atoms with E-state index in [0.29, 0.717) is 29.5 Å². The van der Waals surface area contributed by atoms with E-state index in [-0.39, 0.29) is 0 Å². The maximum absolute atomic E-state index is 10.6. The van der Waals surface area contributed by atoms with E-state index in [1.807, 2.05) is 36.4 Å². The normalized spacial score (nSPS) is 18.5. The van der Waals surface area contributed by atoms with Crippen molar-refractivity contribution >= 4 is 23.3 Å². The Hall–Kier alpha value is -2.44. The smallest absolute Gasteiger partial charge is 0.202 e. The number of benzene rings is 1. The van der Waals surface area contributed by atoms with Crippen LogP contribution in [-0.4, -0.2) is 57.0 Å². The highest BCUT2D eigenvalue weighted by Crippen LogP contribution is 2.29. The van der Waals surface area contributed by atoms with Crippen molar-refractivity contribution in [3.05, 3.63) is 65.2 Å². The standard InChI is InChI=1S/C19H20ClN5O/c20-15-11-24-9-4-10-25(12-17(26)14-5-2-1-3-6-14)19(24)23-18(15)16-7-8-21-13-22-16/h1-3,5-8,13,17,26H,4,9-12H2/t17-/m1/s1. The van der Waals surface area contributed by atoms with Gasteiger partial charge in [0.15, 0.2) is 0 Å². The lowest BCUT2D eigenvalue weighted by molar-refractivity contribution is 0.128. The molecule has 0 spiro atoms. The van der Waals surface area contributed by atoms with Crippen LogP contribution in [-0.2, 0) is 0 Å². The minimum atomic E-state index is -0.567. The Balaban J connectivity index is 1.61. The van der Waals surface area contributed by atoms with Gasteiger partial charge in [-0.05, 0) is 18.1 Å². The molecule has 6 nitrogen and oxygen atoms in total. The molecule has 0 bridgehead atoms. The minimum Gasteiger partial charge on any atom is -0.387 e. The largest absolute Gasteiger partial charge is 0.387 e. The minimum absolute atomic E-state index is 0.494. The van der Waals surface area contributed by atoms with Crippen LogP contribution in [0.1, 0.15) is 23.8 Å². The number of aromatic nitrogens is 2. The third kappa shape index (κ3) is 3.43. The molecule has 0 aliphatic carbocycles. The van der Waals surface area contributed by atoms with E-state index in [1.165, 1.54) is 6.33 Å². The second-order valence-electron chi connectivity index (χ2n) is 6.41. The Bertz CT molecular complexity index is 824. The average molecular weight is 370 g/mol. The molecular formula is C19H20ClN5O. The molecule has 1 saturated heterocycles. The van der Waals surface area contributed by atoms with Gasteiger partial charge in [0.2, 0.25) is 5.96 Å². The van der Waals surface area contributed by atoms with E-state index in [0.717, 1.165) is 31.0 Å². The van der Waals surface area contributed by atoms with Crippen LogP contribution < -0.4 is 0 Å². The first-order valence-corrected chi connectivity index (χ1v) is 9.07. The summed E-state index contributed by atoms with van der Waals surface area (Å²) >= 11 is 6.49. The van der Waals surface area contributed by atoms with E-state index in [9.17, 15) is 5.11 Å². The van der Waals surface area contributed by atoms with Crippen LogP contribution in [0.4, 0.5) is 0 Å². The van der Waals surface area contributed by atoms with Gasteiger partial charge in [-0.2, -0.15) is 0 Å². The number of fused-ring (bicyclic) bond motifs is 1. The van der Waals surface area contributed by atoms with Gasteiger partial charge >= 0.3 is 0 Å². The number of rotatable bonds is 4. The van der Waals surface area contributed by atoms with Gasteiger partial charge in [0.25, 0.3) is 0 Å². The molecule has 0 radical (unpaired) electrons. The molecule has 4 rings (SSSR count). The number of guanidine groups is 1. The molecule has 1 N–H and O–H groups in total. The fraction of sp³-hybridized carbons (Fsp3) is 0.316. The SMILES string of the molecule is O[C@H](CN1CCCN2CC(Cl)=C(c3ccncn3)N=C21)c1ccccc1. The summed E-state index contributed by atoms with van der Waals surface area (Å²) in [4.78, 5) is 17.3. The highest BCUT2D eigenvalue weighted by Gasteiger charge is 2.30. The summed E-state index contributed by atoms with van der Waals surface area (Å²) in [6, 6.07) is 11.5. The zero-order valence-electron chi connectivity index (χ0n) is 14.3. The Kier molecular flexibility index (Phi) is 4.86. The van der Waals surface area contributed by atoms with Crippen molar-refractivity contribution in [2.24, 2.45) is 4.99 Å². The van der Waals surface area contributed by atoms with Crippen LogP contribution in [0.3, 0.4) is 0 Å². The second-order valence-corrected chi connectivity index (χ2v) is 6.86. The van der Waals surface area contributed by atoms with Gasteiger partial charge in [-0.25, -0.2) is 15.0 Å². The highest BCUT2D eigenvalue weighted by molar-refractivity contribution is 6.33. The van der Waals surface area contributed by atoms with E-state index in [2.05, 4.69) is 19.8 Å². The quantitative estimate of drug-likeness (QED) is 0.897. The lowest BCUT2D eigenvalue weighted by atomic mass is 10.1. The van der Waals surface area contributed by atoms with Crippen LogP contribution in [0.25, 0.3) is 5.70 Å². The van der Waals surface area contributed by atoms with Gasteiger partial charge in [0.1, 0.15) is 12.0 Å². The molecule has 1 atom stereocenters. The zero-order chi connectivity index (χ0) is 17.9. The number of aliphatic hydroxyl groups is 1. The number of hydrogen-bond acceptors (Lipinski definition) is 6. The van der Waals surface area contributed by atoms with Crippen molar-refractivity contribution in [2.45, 2.75) is 12.5 Å². The van der Waals surface area contributed by atoms with Gasteiger partial charge in [-0.3, -0.25) is 0 Å². The zero-order valence-corrected chi connectivity index (χ0v) is 15.0. The molecule has 3 heterocycles. The summed E-state index contributed by atoms with van der Waals surface area (Å²) in [5.41, 5.74) is 2.30. The molecule has 26 heavy (non-hydrogen) atoms. The average Bonchev–Trinajstić information content (AvgIpc) is 2.69. The van der Waals surface area contributed by atoms with E-state index in [4.69, 9.17) is 16.6 Å². The lowest BCUT2D eigenvalue weighted by Gasteiger charge is -2.41. The van der Waals surface area contributed by atoms with E-state index >= 15 is 0 Å². The summed E-state index contributed by atoms with van der Waals surface area (Å²) in [6.07, 6.45) is 3.62. The fourth-order valence-corrected chi connectivity index (χ4v) is 3.62. The third-order valence-corrected chi connectivity index (χ3v) is 4.92. The van der Waals surface area contributed by atoms with Gasteiger partial charge in [0, 0.05) is 19.3 Å². The van der Waals surface area contributed by atoms with Crippen molar-refractivity contribution in [1.82, 2.24) is 19.8 Å². The lowest BCUT2D eigenvalue weighted by Crippen LogP contribution is -2.52. The third-order valence-electron chi connectivity index (χ3n) is 4.62. The molecule has 1 aromatic heterocycles. The van der Waals surface area contributed by atoms with Crippen molar-refractivity contribution in [3.8, 4) is 0 Å². The van der Waals surface area contributed by atoms with Crippen LogP contribution in [0, 0.1) is 0 Å². The molecule has 2 aliphatic rings. The predicted molar refractivity (Wildman–Crippen MR) is 101 cm³/mol. The van der Waals surface area contributed by atoms with Crippen molar-refractivity contribution in [2.75, 3.05) is 26.2 Å². The Labute approximate surface area is 157 Å². The number of halogens is 1. The number of aliphatic imine (C=N–C) groups is 1. The van der Waals surface area contributed by atoms with Crippen molar-refractivity contribution in [1.29, 1.82) is 0 Å². The summed E-state index contributed by atoms with van der Waals surface area (Å²) in [5, 5.41) is 11.3. The van der Waals surface area contributed by atoms with E-state index in [1.54, 1.807) is 6.20 Å². The maximum Gasteiger partial charge on any atom is 0.202 e. The molecule has 1 fully saturated rings. The molecule has 134 valence electrons. The van der Waals surface area contributed by atoms with Crippen molar-refractivity contribution in [3.63, 3.8) is 0 Å². The van der Waals surface area contributed by atoms with Gasteiger partial charge < -0.3 is 14.9 Å². The van der Waals surface area contributed by atoms with Gasteiger partial charge in [-0.1, -0.05) is 41.9 Å². The van der Waals surface area contributed by atoms with E-state index < -0.39 is 6.10 Å². The molecule has 0 amide bonds. The highest BCUT2D eigenvalue weighted by atomic mass is 35.5. The maximum atomic E-state index is 10.6. The molecular weight excluding hydrogens is 350 g/mol. The molecule has 2 aromatic rings. The van der Waals surface area contributed by atoms with Gasteiger partial charge in [-0.15, -0.1) is 0 Å². The number of nitrogens with zero attached hydrogens (tertiary/aromatic N) is 5. The topological polar surface area (TPSA) is 64.8 Å². The Morgan fingerprint density at radius 1 is 1.15 bits per heavy atom. The molecule has 2 aliphatic heterocycles. The van der Waals surface area contributed by atoms with Crippen LogP contribution in [0.2, 0.25) is 0 Å². The number of aliphatic hydroxyl groups excluding tert-OH is 1. The Morgan fingerprint density at radius 2 is 2.00 bits per heavy atom. The first-order chi connectivity index (χ1) is 12.7. The second kappa shape index (κ2) is 7.43. The first-order valence-electron chi connectivity index (χ1n) is 8.69. The van der Waals surface area contributed by atoms with Crippen LogP contribution in [0.5, 0.6) is 0 Å². The summed E-state index contributed by atoms with van der Waals surface area (Å²) in [7, 11) is 0. The first kappa shape index (κ1) is 17.0. The predicted octanol–water partition coefficient (Wildman–Crippen LogP) is 2.49. The number of hydrogen-bond donors (Lipinski definition) is 1. The summed E-state index contributed by atoms with van der Waals surface area (Å²) in [5.74, 6) is 0.851.